The molecular weight excluding hydrogens is 365 g/mol. The van der Waals surface area contributed by atoms with Crippen LogP contribution >= 0.6 is 24.0 Å². The maximum Gasteiger partial charge on any atom is 0.191 e. The summed E-state index contributed by atoms with van der Waals surface area (Å²) in [6, 6.07) is 0. The molecule has 1 heterocycles. The van der Waals surface area contributed by atoms with Crippen LogP contribution in [0.1, 0.15) is 52.4 Å². The molecule has 2 N–H and O–H groups in total. The Morgan fingerprint density at radius 2 is 2.00 bits per heavy atom. The average Bonchev–Trinajstić information content (AvgIpc) is 3.05. The van der Waals surface area contributed by atoms with Gasteiger partial charge >= 0.3 is 0 Å². The Hall–Kier alpha value is -0.0400. The molecule has 1 aliphatic heterocycles. The third-order valence-electron chi connectivity index (χ3n) is 4.29. The monoisotopic (exact) mass is 395 g/mol. The van der Waals surface area contributed by atoms with E-state index in [0.29, 0.717) is 11.5 Å². The lowest BCUT2D eigenvalue weighted by Gasteiger charge is -2.22. The first-order valence-corrected chi connectivity index (χ1v) is 7.86. The van der Waals surface area contributed by atoms with Crippen molar-refractivity contribution in [3.05, 3.63) is 0 Å². The van der Waals surface area contributed by atoms with Crippen molar-refractivity contribution in [2.24, 2.45) is 10.4 Å². The zero-order valence-corrected chi connectivity index (χ0v) is 15.2. The van der Waals surface area contributed by atoms with E-state index < -0.39 is 0 Å². The summed E-state index contributed by atoms with van der Waals surface area (Å²) in [6.07, 6.45) is 8.11. The number of hydrogen-bond donors (Lipinski definition) is 2. The number of aliphatic imine (C=N–C) groups is 1. The van der Waals surface area contributed by atoms with Gasteiger partial charge in [-0.1, -0.05) is 19.8 Å². The van der Waals surface area contributed by atoms with E-state index in [1.165, 1.54) is 38.5 Å². The molecule has 118 valence electrons. The second-order valence-corrected chi connectivity index (χ2v) is 6.23. The molecule has 1 atom stereocenters. The molecule has 0 amide bonds. The summed E-state index contributed by atoms with van der Waals surface area (Å²) < 4.78 is 5.63. The molecule has 0 bridgehead atoms. The lowest BCUT2D eigenvalue weighted by atomic mass is 9.89. The van der Waals surface area contributed by atoms with Gasteiger partial charge in [0.2, 0.25) is 0 Å². The summed E-state index contributed by atoms with van der Waals surface area (Å²) in [5.74, 6) is 0.950. The fourth-order valence-corrected chi connectivity index (χ4v) is 3.01. The first kappa shape index (κ1) is 18.0. The molecule has 0 aromatic rings. The predicted molar refractivity (Wildman–Crippen MR) is 94.9 cm³/mol. The van der Waals surface area contributed by atoms with Gasteiger partial charge in [-0.25, -0.2) is 0 Å². The van der Waals surface area contributed by atoms with E-state index in [1.807, 2.05) is 0 Å². The maximum atomic E-state index is 5.63. The Morgan fingerprint density at radius 1 is 1.25 bits per heavy atom. The maximum absolute atomic E-state index is 5.63. The fraction of sp³-hybridized carbons (Fsp3) is 0.933. The molecule has 0 radical (unpaired) electrons. The molecule has 0 aromatic carbocycles. The van der Waals surface area contributed by atoms with E-state index >= 15 is 0 Å². The van der Waals surface area contributed by atoms with Crippen LogP contribution in [0.15, 0.2) is 4.99 Å². The van der Waals surface area contributed by atoms with E-state index in [4.69, 9.17) is 9.73 Å². The van der Waals surface area contributed by atoms with Crippen LogP contribution in [0.4, 0.5) is 0 Å². The van der Waals surface area contributed by atoms with Gasteiger partial charge in [-0.05, 0) is 38.0 Å². The molecule has 2 rings (SSSR count). The minimum atomic E-state index is 0. The third kappa shape index (κ3) is 5.76. The van der Waals surface area contributed by atoms with Gasteiger partial charge in [-0.3, -0.25) is 4.99 Å². The standard InChI is InChI=1S/C15H29N3O.HI/c1-3-16-14(17-11-13-7-6-10-19-13)18-12-15(2)8-4-5-9-15;/h13H,3-12H2,1-2H3,(H2,16,17,18);1H. The second-order valence-electron chi connectivity index (χ2n) is 6.23. The van der Waals surface area contributed by atoms with Crippen molar-refractivity contribution in [2.45, 2.75) is 58.5 Å². The zero-order chi connectivity index (χ0) is 13.6. The molecule has 20 heavy (non-hydrogen) atoms. The molecule has 1 saturated heterocycles. The molecule has 2 aliphatic rings. The van der Waals surface area contributed by atoms with Crippen LogP contribution in [-0.2, 0) is 4.74 Å². The predicted octanol–water partition coefficient (Wildman–Crippen LogP) is 2.92. The highest BCUT2D eigenvalue weighted by Gasteiger charge is 2.28. The van der Waals surface area contributed by atoms with Crippen molar-refractivity contribution < 1.29 is 4.74 Å². The largest absolute Gasteiger partial charge is 0.376 e. The normalized spacial score (nSPS) is 25.3. The number of rotatable bonds is 5. The molecule has 5 heteroatoms. The number of hydrogen-bond acceptors (Lipinski definition) is 2. The minimum Gasteiger partial charge on any atom is -0.376 e. The van der Waals surface area contributed by atoms with Crippen LogP contribution in [0.25, 0.3) is 0 Å². The number of halogens is 1. The van der Waals surface area contributed by atoms with Crippen LogP contribution in [-0.4, -0.2) is 38.3 Å². The van der Waals surface area contributed by atoms with Crippen molar-refractivity contribution in [2.75, 3.05) is 26.2 Å². The van der Waals surface area contributed by atoms with Crippen molar-refractivity contribution in [3.63, 3.8) is 0 Å². The lowest BCUT2D eigenvalue weighted by molar-refractivity contribution is 0.113. The van der Waals surface area contributed by atoms with Gasteiger partial charge in [0, 0.05) is 26.2 Å². The smallest absolute Gasteiger partial charge is 0.191 e. The van der Waals surface area contributed by atoms with Crippen LogP contribution in [0, 0.1) is 5.41 Å². The Labute approximate surface area is 140 Å². The molecule has 4 nitrogen and oxygen atoms in total. The van der Waals surface area contributed by atoms with Crippen LogP contribution in [0.5, 0.6) is 0 Å². The van der Waals surface area contributed by atoms with Gasteiger partial charge in [-0.2, -0.15) is 0 Å². The Bertz CT molecular complexity index is 297. The Morgan fingerprint density at radius 3 is 2.60 bits per heavy atom. The van der Waals surface area contributed by atoms with E-state index in [9.17, 15) is 0 Å². The minimum absolute atomic E-state index is 0. The van der Waals surface area contributed by atoms with E-state index in [2.05, 4.69) is 24.5 Å². The summed E-state index contributed by atoms with van der Waals surface area (Å²) in [6.45, 7) is 8.12. The molecule has 1 aliphatic carbocycles. The lowest BCUT2D eigenvalue weighted by Crippen LogP contribution is -2.41. The summed E-state index contributed by atoms with van der Waals surface area (Å²) >= 11 is 0. The first-order valence-electron chi connectivity index (χ1n) is 7.86. The summed E-state index contributed by atoms with van der Waals surface area (Å²) in [4.78, 5) is 4.77. The summed E-state index contributed by atoms with van der Waals surface area (Å²) in [5, 5.41) is 6.75. The van der Waals surface area contributed by atoms with Gasteiger partial charge < -0.3 is 15.4 Å². The molecule has 2 fully saturated rings. The fourth-order valence-electron chi connectivity index (χ4n) is 3.01. The molecule has 0 spiro atoms. The van der Waals surface area contributed by atoms with Crippen molar-refractivity contribution in [3.8, 4) is 0 Å². The van der Waals surface area contributed by atoms with Crippen LogP contribution in [0.3, 0.4) is 0 Å². The van der Waals surface area contributed by atoms with Gasteiger partial charge in [0.05, 0.1) is 6.10 Å². The second kappa shape index (κ2) is 9.07. The van der Waals surface area contributed by atoms with Gasteiger partial charge in [-0.15, -0.1) is 24.0 Å². The topological polar surface area (TPSA) is 45.7 Å². The summed E-state index contributed by atoms with van der Waals surface area (Å²) in [7, 11) is 0. The Kier molecular flexibility index (Phi) is 8.17. The third-order valence-corrected chi connectivity index (χ3v) is 4.29. The SMILES string of the molecule is CCNC(=NCC1(C)CCCC1)NCC1CCCO1.I. The highest BCUT2D eigenvalue weighted by molar-refractivity contribution is 14.0. The number of nitrogens with one attached hydrogen (secondary N) is 2. The molecular formula is C15H30IN3O. The van der Waals surface area contributed by atoms with Gasteiger partial charge in [0.1, 0.15) is 0 Å². The number of ether oxygens (including phenoxy) is 1. The van der Waals surface area contributed by atoms with Crippen molar-refractivity contribution in [1.29, 1.82) is 0 Å². The average molecular weight is 395 g/mol. The first-order chi connectivity index (χ1) is 9.22. The zero-order valence-electron chi connectivity index (χ0n) is 12.9. The highest BCUT2D eigenvalue weighted by Crippen LogP contribution is 2.37. The van der Waals surface area contributed by atoms with Crippen LogP contribution in [0.2, 0.25) is 0 Å². The number of guanidine groups is 1. The van der Waals surface area contributed by atoms with Gasteiger partial charge in [0.15, 0.2) is 5.96 Å². The molecule has 1 unspecified atom stereocenters. The van der Waals surface area contributed by atoms with Gasteiger partial charge in [0.25, 0.3) is 0 Å². The number of nitrogens with zero attached hydrogens (tertiary/aromatic N) is 1. The van der Waals surface area contributed by atoms with E-state index in [-0.39, 0.29) is 24.0 Å². The Balaban J connectivity index is 0.00000200. The molecule has 1 saturated carbocycles. The quantitative estimate of drug-likeness (QED) is 0.428. The molecule has 0 aromatic heterocycles. The van der Waals surface area contributed by atoms with Crippen molar-refractivity contribution in [1.82, 2.24) is 10.6 Å². The van der Waals surface area contributed by atoms with E-state index in [0.717, 1.165) is 32.2 Å². The van der Waals surface area contributed by atoms with Crippen LogP contribution < -0.4 is 10.6 Å². The van der Waals surface area contributed by atoms with E-state index in [1.54, 1.807) is 0 Å². The van der Waals surface area contributed by atoms with Crippen molar-refractivity contribution >= 4 is 29.9 Å². The highest BCUT2D eigenvalue weighted by atomic mass is 127. The summed E-state index contributed by atoms with van der Waals surface area (Å²) in [5.41, 5.74) is 0.423.